The zero-order valence-corrected chi connectivity index (χ0v) is 16.0. The second-order valence-electron chi connectivity index (χ2n) is 5.89. The van der Waals surface area contributed by atoms with Crippen molar-refractivity contribution in [3.8, 4) is 11.5 Å². The van der Waals surface area contributed by atoms with Crippen molar-refractivity contribution in [3.63, 3.8) is 0 Å². The van der Waals surface area contributed by atoms with Crippen LogP contribution in [0, 0.1) is 0 Å². The molecule has 0 radical (unpaired) electrons. The van der Waals surface area contributed by atoms with E-state index in [1.54, 1.807) is 43.6 Å². The number of methoxy groups -OCH3 is 1. The first kappa shape index (κ1) is 19.9. The SMILES string of the molecule is COc1cccc(OCC(=O)NCCNc2ccc(Nc3ccccn3)nn2)c1. The van der Waals surface area contributed by atoms with E-state index >= 15 is 0 Å². The van der Waals surface area contributed by atoms with E-state index in [1.165, 1.54) is 0 Å². The molecule has 9 heteroatoms. The van der Waals surface area contributed by atoms with E-state index in [0.29, 0.717) is 42.0 Å². The summed E-state index contributed by atoms with van der Waals surface area (Å²) in [6.07, 6.45) is 1.70. The normalized spacial score (nSPS) is 10.1. The van der Waals surface area contributed by atoms with Crippen LogP contribution in [0.25, 0.3) is 0 Å². The molecule has 0 spiro atoms. The summed E-state index contributed by atoms with van der Waals surface area (Å²) in [6, 6.07) is 16.3. The van der Waals surface area contributed by atoms with Gasteiger partial charge in [0, 0.05) is 25.4 Å². The molecule has 1 amide bonds. The molecule has 0 saturated heterocycles. The number of carbonyl (C=O) groups is 1. The van der Waals surface area contributed by atoms with Crippen molar-refractivity contribution in [1.82, 2.24) is 20.5 Å². The molecule has 2 aromatic heterocycles. The fraction of sp³-hybridized carbons (Fsp3) is 0.200. The monoisotopic (exact) mass is 394 g/mol. The van der Waals surface area contributed by atoms with Crippen molar-refractivity contribution in [3.05, 3.63) is 60.8 Å². The summed E-state index contributed by atoms with van der Waals surface area (Å²) in [5.41, 5.74) is 0. The van der Waals surface area contributed by atoms with Crippen molar-refractivity contribution in [1.29, 1.82) is 0 Å². The van der Waals surface area contributed by atoms with Gasteiger partial charge in [0.25, 0.3) is 5.91 Å². The lowest BCUT2D eigenvalue weighted by Crippen LogP contribution is -2.32. The number of nitrogens with zero attached hydrogens (tertiary/aromatic N) is 3. The van der Waals surface area contributed by atoms with Crippen LogP contribution in [0.4, 0.5) is 17.5 Å². The summed E-state index contributed by atoms with van der Waals surface area (Å²) >= 11 is 0. The Labute approximate surface area is 168 Å². The molecule has 0 saturated carbocycles. The number of benzene rings is 1. The number of hydrogen-bond acceptors (Lipinski definition) is 8. The first-order chi connectivity index (χ1) is 14.2. The van der Waals surface area contributed by atoms with Gasteiger partial charge in [0.2, 0.25) is 0 Å². The van der Waals surface area contributed by atoms with Gasteiger partial charge in [-0.05, 0) is 36.4 Å². The van der Waals surface area contributed by atoms with Gasteiger partial charge < -0.3 is 25.4 Å². The molecule has 150 valence electrons. The maximum absolute atomic E-state index is 11.9. The molecule has 0 unspecified atom stereocenters. The molecule has 3 aromatic rings. The Kier molecular flexibility index (Phi) is 7.16. The molecule has 0 atom stereocenters. The van der Waals surface area contributed by atoms with Gasteiger partial charge in [-0.25, -0.2) is 4.98 Å². The molecule has 3 N–H and O–H groups in total. The standard InChI is InChI=1S/C20H22N6O3/c1-28-15-5-4-6-16(13-15)29-14-20(27)23-12-11-22-18-8-9-19(26-25-18)24-17-7-2-3-10-21-17/h2-10,13H,11-12,14H2,1H3,(H,22,25)(H,23,27)(H,21,24,26). The third-order valence-electron chi connectivity index (χ3n) is 3.75. The lowest BCUT2D eigenvalue weighted by atomic mass is 10.3. The van der Waals surface area contributed by atoms with Gasteiger partial charge in [-0.1, -0.05) is 12.1 Å². The average molecular weight is 394 g/mol. The van der Waals surface area contributed by atoms with E-state index in [-0.39, 0.29) is 12.5 Å². The minimum atomic E-state index is -0.212. The zero-order valence-electron chi connectivity index (χ0n) is 16.0. The Morgan fingerprint density at radius 1 is 0.931 bits per heavy atom. The van der Waals surface area contributed by atoms with Gasteiger partial charge in [0.1, 0.15) is 23.1 Å². The number of aromatic nitrogens is 3. The van der Waals surface area contributed by atoms with E-state index in [0.717, 1.165) is 0 Å². The van der Waals surface area contributed by atoms with E-state index in [9.17, 15) is 4.79 Å². The van der Waals surface area contributed by atoms with Gasteiger partial charge in [-0.3, -0.25) is 4.79 Å². The molecular formula is C20H22N6O3. The number of pyridine rings is 1. The number of rotatable bonds is 10. The number of carbonyl (C=O) groups excluding carboxylic acids is 1. The molecule has 0 aliphatic heterocycles. The number of hydrogen-bond donors (Lipinski definition) is 3. The summed E-state index contributed by atoms with van der Waals surface area (Å²) in [7, 11) is 1.58. The number of anilines is 3. The van der Waals surface area contributed by atoms with Gasteiger partial charge in [-0.2, -0.15) is 0 Å². The fourth-order valence-electron chi connectivity index (χ4n) is 2.34. The maximum Gasteiger partial charge on any atom is 0.258 e. The highest BCUT2D eigenvalue weighted by atomic mass is 16.5. The molecule has 3 rings (SSSR count). The Bertz CT molecular complexity index is 906. The van der Waals surface area contributed by atoms with E-state index < -0.39 is 0 Å². The molecule has 1 aromatic carbocycles. The first-order valence-electron chi connectivity index (χ1n) is 9.02. The summed E-state index contributed by atoms with van der Waals surface area (Å²) in [4.78, 5) is 16.0. The van der Waals surface area contributed by atoms with Crippen LogP contribution in [-0.4, -0.2) is 47.9 Å². The zero-order chi connectivity index (χ0) is 20.3. The average Bonchev–Trinajstić information content (AvgIpc) is 2.77. The topological polar surface area (TPSA) is 110 Å². The van der Waals surface area contributed by atoms with Crippen LogP contribution in [0.3, 0.4) is 0 Å². The van der Waals surface area contributed by atoms with Gasteiger partial charge in [0.05, 0.1) is 7.11 Å². The highest BCUT2D eigenvalue weighted by molar-refractivity contribution is 5.77. The second kappa shape index (κ2) is 10.5. The van der Waals surface area contributed by atoms with Gasteiger partial charge in [-0.15, -0.1) is 10.2 Å². The van der Waals surface area contributed by atoms with Crippen LogP contribution in [0.1, 0.15) is 0 Å². The van der Waals surface area contributed by atoms with Crippen LogP contribution >= 0.6 is 0 Å². The first-order valence-corrected chi connectivity index (χ1v) is 9.02. The molecule has 0 bridgehead atoms. The third-order valence-corrected chi connectivity index (χ3v) is 3.75. The smallest absolute Gasteiger partial charge is 0.258 e. The number of ether oxygens (including phenoxy) is 2. The van der Waals surface area contributed by atoms with Crippen molar-refractivity contribution >= 4 is 23.4 Å². The molecule has 29 heavy (non-hydrogen) atoms. The minimum absolute atomic E-state index is 0.0686. The van der Waals surface area contributed by atoms with Gasteiger partial charge in [0.15, 0.2) is 12.4 Å². The van der Waals surface area contributed by atoms with Crippen molar-refractivity contribution in [2.75, 3.05) is 37.4 Å². The van der Waals surface area contributed by atoms with Crippen LogP contribution in [0.2, 0.25) is 0 Å². The highest BCUT2D eigenvalue weighted by Crippen LogP contribution is 2.18. The highest BCUT2D eigenvalue weighted by Gasteiger charge is 2.04. The Morgan fingerprint density at radius 3 is 2.52 bits per heavy atom. The fourth-order valence-corrected chi connectivity index (χ4v) is 2.34. The van der Waals surface area contributed by atoms with Crippen LogP contribution < -0.4 is 25.4 Å². The maximum atomic E-state index is 11.9. The molecular weight excluding hydrogens is 372 g/mol. The van der Waals surface area contributed by atoms with Crippen molar-refractivity contribution < 1.29 is 14.3 Å². The molecule has 0 aliphatic rings. The molecule has 9 nitrogen and oxygen atoms in total. The van der Waals surface area contributed by atoms with E-state index in [2.05, 4.69) is 31.1 Å². The van der Waals surface area contributed by atoms with E-state index in [4.69, 9.17) is 9.47 Å². The molecule has 0 fully saturated rings. The summed E-state index contributed by atoms with van der Waals surface area (Å²) in [5, 5.41) is 17.1. The predicted molar refractivity (Wildman–Crippen MR) is 110 cm³/mol. The quantitative estimate of drug-likeness (QED) is 0.449. The lowest BCUT2D eigenvalue weighted by Gasteiger charge is -2.09. The summed E-state index contributed by atoms with van der Waals surface area (Å²) in [5.74, 6) is 2.94. The van der Waals surface area contributed by atoms with Crippen molar-refractivity contribution in [2.45, 2.75) is 0 Å². The summed E-state index contributed by atoms with van der Waals surface area (Å²) in [6.45, 7) is 0.864. The van der Waals surface area contributed by atoms with Crippen LogP contribution in [0.5, 0.6) is 11.5 Å². The Balaban J connectivity index is 1.34. The molecule has 2 heterocycles. The van der Waals surface area contributed by atoms with Crippen molar-refractivity contribution in [2.24, 2.45) is 0 Å². The lowest BCUT2D eigenvalue weighted by molar-refractivity contribution is -0.123. The van der Waals surface area contributed by atoms with Crippen LogP contribution in [-0.2, 0) is 4.79 Å². The third kappa shape index (κ3) is 6.65. The number of nitrogens with one attached hydrogen (secondary N) is 3. The Hall–Kier alpha value is -3.88. The summed E-state index contributed by atoms with van der Waals surface area (Å²) < 4.78 is 10.6. The second-order valence-corrected chi connectivity index (χ2v) is 5.89. The van der Waals surface area contributed by atoms with Gasteiger partial charge >= 0.3 is 0 Å². The van der Waals surface area contributed by atoms with Crippen LogP contribution in [0.15, 0.2) is 60.8 Å². The van der Waals surface area contributed by atoms with E-state index in [1.807, 2.05) is 24.3 Å². The number of amides is 1. The minimum Gasteiger partial charge on any atom is -0.497 e. The largest absolute Gasteiger partial charge is 0.497 e. The molecule has 0 aliphatic carbocycles. The Morgan fingerprint density at radius 2 is 1.76 bits per heavy atom. The predicted octanol–water partition coefficient (Wildman–Crippen LogP) is 2.23.